The maximum absolute atomic E-state index is 11.0. The summed E-state index contributed by atoms with van der Waals surface area (Å²) in [6, 6.07) is 0. The topological polar surface area (TPSA) is 57.5 Å². The van der Waals surface area contributed by atoms with Crippen molar-refractivity contribution in [2.45, 2.75) is 52.6 Å². The highest BCUT2D eigenvalue weighted by Gasteiger charge is 2.50. The van der Waals surface area contributed by atoms with Crippen molar-refractivity contribution >= 4 is 5.97 Å². The Hall–Kier alpha value is -1.09. The molecule has 1 aliphatic rings. The van der Waals surface area contributed by atoms with Gasteiger partial charge in [-0.3, -0.25) is 0 Å². The van der Waals surface area contributed by atoms with Crippen molar-refractivity contribution in [2.75, 3.05) is 0 Å². The molecule has 1 fully saturated rings. The Kier molecular flexibility index (Phi) is 3.82. The highest BCUT2D eigenvalue weighted by Crippen LogP contribution is 2.54. The van der Waals surface area contributed by atoms with Gasteiger partial charge in [0.25, 0.3) is 0 Å². The molecule has 0 bridgehead atoms. The van der Waals surface area contributed by atoms with Crippen LogP contribution in [0, 0.1) is 5.41 Å². The molecule has 0 aliphatic heterocycles. The first-order chi connectivity index (χ1) is 7.73. The SMILES string of the molecule is CCC(C(=O)O)=C(C)C=CC(C)(O)C1(C)CC1. The van der Waals surface area contributed by atoms with Gasteiger partial charge in [0.15, 0.2) is 0 Å². The van der Waals surface area contributed by atoms with Crippen LogP contribution in [-0.4, -0.2) is 21.8 Å². The summed E-state index contributed by atoms with van der Waals surface area (Å²) in [6.07, 6.45) is 5.99. The molecule has 0 aromatic heterocycles. The Balaban J connectivity index is 2.87. The average Bonchev–Trinajstić information content (AvgIpc) is 2.96. The molecule has 2 N–H and O–H groups in total. The summed E-state index contributed by atoms with van der Waals surface area (Å²) in [6.45, 7) is 7.43. The Morgan fingerprint density at radius 3 is 2.35 bits per heavy atom. The average molecular weight is 238 g/mol. The van der Waals surface area contributed by atoms with Crippen LogP contribution in [0.3, 0.4) is 0 Å². The van der Waals surface area contributed by atoms with Crippen LogP contribution in [0.4, 0.5) is 0 Å². The predicted octanol–water partition coefficient (Wildman–Crippen LogP) is 2.90. The summed E-state index contributed by atoms with van der Waals surface area (Å²) in [7, 11) is 0. The van der Waals surface area contributed by atoms with E-state index in [0.29, 0.717) is 17.6 Å². The Labute approximate surface area is 103 Å². The molecule has 1 saturated carbocycles. The second-order valence-electron chi connectivity index (χ2n) is 5.36. The Morgan fingerprint density at radius 2 is 2.00 bits per heavy atom. The fraction of sp³-hybridized carbons (Fsp3) is 0.643. The molecule has 17 heavy (non-hydrogen) atoms. The van der Waals surface area contributed by atoms with Crippen LogP contribution in [0.2, 0.25) is 0 Å². The van der Waals surface area contributed by atoms with Crippen LogP contribution in [0.1, 0.15) is 47.0 Å². The van der Waals surface area contributed by atoms with Gasteiger partial charge in [-0.25, -0.2) is 4.79 Å². The minimum atomic E-state index is -0.882. The van der Waals surface area contributed by atoms with E-state index in [1.165, 1.54) is 0 Å². The third-order valence-corrected chi connectivity index (χ3v) is 3.97. The highest BCUT2D eigenvalue weighted by molar-refractivity contribution is 5.87. The molecule has 0 heterocycles. The van der Waals surface area contributed by atoms with Crippen molar-refractivity contribution in [1.29, 1.82) is 0 Å². The second kappa shape index (κ2) is 4.65. The highest BCUT2D eigenvalue weighted by atomic mass is 16.4. The molecule has 1 unspecified atom stereocenters. The molecular weight excluding hydrogens is 216 g/mol. The maximum atomic E-state index is 11.0. The quantitative estimate of drug-likeness (QED) is 0.572. The van der Waals surface area contributed by atoms with Gasteiger partial charge in [-0.15, -0.1) is 0 Å². The van der Waals surface area contributed by atoms with Gasteiger partial charge in [-0.05, 0) is 44.1 Å². The second-order valence-corrected chi connectivity index (χ2v) is 5.36. The van der Waals surface area contributed by atoms with Crippen LogP contribution in [0.15, 0.2) is 23.3 Å². The standard InChI is InChI=1S/C14H22O3/c1-5-11(12(15)16)10(2)6-7-14(4,17)13(3)8-9-13/h6-7,17H,5,8-9H2,1-4H3,(H,15,16). The van der Waals surface area contributed by atoms with E-state index in [-0.39, 0.29) is 5.41 Å². The zero-order valence-corrected chi connectivity index (χ0v) is 11.1. The van der Waals surface area contributed by atoms with Gasteiger partial charge in [0.2, 0.25) is 0 Å². The zero-order valence-electron chi connectivity index (χ0n) is 11.1. The molecule has 1 rings (SSSR count). The minimum Gasteiger partial charge on any atom is -0.478 e. The van der Waals surface area contributed by atoms with E-state index in [1.54, 1.807) is 26.0 Å². The van der Waals surface area contributed by atoms with Crippen molar-refractivity contribution in [1.82, 2.24) is 0 Å². The summed E-state index contributed by atoms with van der Waals surface area (Å²) in [5.74, 6) is -0.882. The number of aliphatic hydroxyl groups is 1. The number of allylic oxidation sites excluding steroid dienone is 2. The number of carboxylic acid groups (broad SMARTS) is 1. The summed E-state index contributed by atoms with van der Waals surface area (Å²) in [5.41, 5.74) is 0.216. The summed E-state index contributed by atoms with van der Waals surface area (Å²) in [5, 5.41) is 19.3. The summed E-state index contributed by atoms with van der Waals surface area (Å²) >= 11 is 0. The number of carbonyl (C=O) groups is 1. The van der Waals surface area contributed by atoms with Gasteiger partial charge < -0.3 is 10.2 Å². The van der Waals surface area contributed by atoms with E-state index < -0.39 is 11.6 Å². The van der Waals surface area contributed by atoms with Gasteiger partial charge in [0.1, 0.15) is 0 Å². The number of hydrogen-bond donors (Lipinski definition) is 2. The molecule has 0 saturated heterocycles. The Morgan fingerprint density at radius 1 is 1.47 bits per heavy atom. The predicted molar refractivity (Wildman–Crippen MR) is 67.7 cm³/mol. The minimum absolute atomic E-state index is 0.0423. The van der Waals surface area contributed by atoms with E-state index in [1.807, 2.05) is 13.8 Å². The summed E-state index contributed by atoms with van der Waals surface area (Å²) < 4.78 is 0. The lowest BCUT2D eigenvalue weighted by molar-refractivity contribution is -0.132. The zero-order chi connectivity index (χ0) is 13.3. The molecule has 0 aromatic carbocycles. The van der Waals surface area contributed by atoms with Crippen LogP contribution in [0.25, 0.3) is 0 Å². The van der Waals surface area contributed by atoms with E-state index >= 15 is 0 Å². The number of aliphatic carboxylic acids is 1. The smallest absolute Gasteiger partial charge is 0.331 e. The molecule has 0 amide bonds. The molecule has 96 valence electrons. The maximum Gasteiger partial charge on any atom is 0.331 e. The molecular formula is C14H22O3. The van der Waals surface area contributed by atoms with Crippen molar-refractivity contribution in [3.8, 4) is 0 Å². The molecule has 1 atom stereocenters. The largest absolute Gasteiger partial charge is 0.478 e. The van der Waals surface area contributed by atoms with E-state index in [2.05, 4.69) is 0 Å². The molecule has 0 radical (unpaired) electrons. The van der Waals surface area contributed by atoms with Gasteiger partial charge in [0.05, 0.1) is 5.60 Å². The van der Waals surface area contributed by atoms with Crippen LogP contribution in [-0.2, 0) is 4.79 Å². The third-order valence-electron chi connectivity index (χ3n) is 3.97. The first kappa shape index (κ1) is 14.0. The van der Waals surface area contributed by atoms with Crippen molar-refractivity contribution in [3.63, 3.8) is 0 Å². The first-order valence-electron chi connectivity index (χ1n) is 6.08. The molecule has 0 aromatic rings. The van der Waals surface area contributed by atoms with E-state index in [4.69, 9.17) is 5.11 Å². The molecule has 1 aliphatic carbocycles. The molecule has 0 spiro atoms. The van der Waals surface area contributed by atoms with Crippen molar-refractivity contribution < 1.29 is 15.0 Å². The summed E-state index contributed by atoms with van der Waals surface area (Å²) in [4.78, 5) is 11.0. The van der Waals surface area contributed by atoms with Gasteiger partial charge in [0, 0.05) is 5.57 Å². The first-order valence-corrected chi connectivity index (χ1v) is 6.08. The fourth-order valence-electron chi connectivity index (χ4n) is 1.88. The third kappa shape index (κ3) is 2.97. The van der Waals surface area contributed by atoms with Crippen molar-refractivity contribution in [3.05, 3.63) is 23.3 Å². The lowest BCUT2D eigenvalue weighted by atomic mass is 9.86. The molecule has 3 nitrogen and oxygen atoms in total. The monoisotopic (exact) mass is 238 g/mol. The number of rotatable bonds is 5. The van der Waals surface area contributed by atoms with Gasteiger partial charge in [-0.2, -0.15) is 0 Å². The normalized spacial score (nSPS) is 23.1. The van der Waals surface area contributed by atoms with Gasteiger partial charge in [-0.1, -0.05) is 26.0 Å². The van der Waals surface area contributed by atoms with Crippen LogP contribution >= 0.6 is 0 Å². The van der Waals surface area contributed by atoms with E-state index in [9.17, 15) is 9.90 Å². The number of hydrogen-bond acceptors (Lipinski definition) is 2. The Bertz CT molecular complexity index is 371. The molecule has 3 heteroatoms. The lowest BCUT2D eigenvalue weighted by Gasteiger charge is -2.26. The van der Waals surface area contributed by atoms with Crippen molar-refractivity contribution in [2.24, 2.45) is 5.41 Å². The van der Waals surface area contributed by atoms with E-state index in [0.717, 1.165) is 12.8 Å². The fourth-order valence-corrected chi connectivity index (χ4v) is 1.88. The van der Waals surface area contributed by atoms with Gasteiger partial charge >= 0.3 is 5.97 Å². The lowest BCUT2D eigenvalue weighted by Crippen LogP contribution is -2.31. The number of carboxylic acids is 1. The van der Waals surface area contributed by atoms with Crippen LogP contribution in [0.5, 0.6) is 0 Å². The van der Waals surface area contributed by atoms with Crippen LogP contribution < -0.4 is 0 Å².